The minimum absolute atomic E-state index is 0.0299. The fourth-order valence-electron chi connectivity index (χ4n) is 1.61. The molecule has 1 aliphatic heterocycles. The Morgan fingerprint density at radius 2 is 2.14 bits per heavy atom. The van der Waals surface area contributed by atoms with Gasteiger partial charge < -0.3 is 21.5 Å². The molecule has 0 aromatic rings. The molecule has 14 heavy (non-hydrogen) atoms. The Labute approximate surface area is 82.6 Å². The van der Waals surface area contributed by atoms with Gasteiger partial charge in [-0.05, 0) is 19.3 Å². The number of amides is 1. The fourth-order valence-corrected chi connectivity index (χ4v) is 1.61. The van der Waals surface area contributed by atoms with Gasteiger partial charge in [0.2, 0.25) is 0 Å². The molecule has 1 unspecified atom stereocenters. The van der Waals surface area contributed by atoms with Crippen molar-refractivity contribution in [3.05, 3.63) is 0 Å². The zero-order valence-corrected chi connectivity index (χ0v) is 8.02. The zero-order chi connectivity index (χ0) is 10.6. The smallest absolute Gasteiger partial charge is 0.407 e. The lowest BCUT2D eigenvalue weighted by Gasteiger charge is -2.18. The molecule has 0 aliphatic carbocycles. The summed E-state index contributed by atoms with van der Waals surface area (Å²) < 4.78 is 0. The first-order valence-corrected chi connectivity index (χ1v) is 4.66. The van der Waals surface area contributed by atoms with Crippen LogP contribution in [0.5, 0.6) is 0 Å². The van der Waals surface area contributed by atoms with Crippen molar-refractivity contribution in [2.45, 2.75) is 25.3 Å². The molecule has 80 valence electrons. The predicted molar refractivity (Wildman–Crippen MR) is 53.0 cm³/mol. The summed E-state index contributed by atoms with van der Waals surface area (Å²) in [7, 11) is 0. The van der Waals surface area contributed by atoms with Gasteiger partial charge >= 0.3 is 6.09 Å². The number of carboxylic acid groups (broad SMARTS) is 1. The highest BCUT2D eigenvalue weighted by Gasteiger charge is 2.20. The summed E-state index contributed by atoms with van der Waals surface area (Å²) in [6, 6.07) is -0.0846. The van der Waals surface area contributed by atoms with Crippen LogP contribution in [0.3, 0.4) is 0 Å². The van der Waals surface area contributed by atoms with Crippen molar-refractivity contribution >= 4 is 12.1 Å². The average molecular weight is 200 g/mol. The molecular formula is C8H16N4O2. The molecule has 1 aliphatic rings. The van der Waals surface area contributed by atoms with Crippen molar-refractivity contribution < 1.29 is 9.90 Å². The molecule has 0 aromatic carbocycles. The average Bonchev–Trinajstić information content (AvgIpc) is 2.28. The van der Waals surface area contributed by atoms with Gasteiger partial charge in [0.25, 0.3) is 0 Å². The van der Waals surface area contributed by atoms with E-state index < -0.39 is 6.09 Å². The molecule has 1 amide bonds. The minimum Gasteiger partial charge on any atom is -0.465 e. The SMILES string of the molecule is NC(N)=NC1CCCCN(C(=O)O)C1. The first-order chi connectivity index (χ1) is 6.59. The molecule has 0 spiro atoms. The van der Waals surface area contributed by atoms with E-state index in [0.717, 1.165) is 19.3 Å². The normalized spacial score (nSPS) is 22.6. The molecular weight excluding hydrogens is 184 g/mol. The highest BCUT2D eigenvalue weighted by molar-refractivity contribution is 5.76. The molecule has 6 nitrogen and oxygen atoms in total. The number of hydrogen-bond donors (Lipinski definition) is 3. The van der Waals surface area contributed by atoms with Gasteiger partial charge in [-0.2, -0.15) is 0 Å². The zero-order valence-electron chi connectivity index (χ0n) is 8.02. The van der Waals surface area contributed by atoms with Crippen LogP contribution in [-0.2, 0) is 0 Å². The van der Waals surface area contributed by atoms with Gasteiger partial charge in [0.15, 0.2) is 5.96 Å². The molecule has 1 rings (SSSR count). The number of carbonyl (C=O) groups is 1. The molecule has 5 N–H and O–H groups in total. The number of aliphatic imine (C=N–C) groups is 1. The Morgan fingerprint density at radius 1 is 1.43 bits per heavy atom. The minimum atomic E-state index is -0.900. The number of rotatable bonds is 1. The second kappa shape index (κ2) is 4.69. The Kier molecular flexibility index (Phi) is 3.55. The molecule has 0 aromatic heterocycles. The molecule has 0 radical (unpaired) electrons. The number of nitrogens with zero attached hydrogens (tertiary/aromatic N) is 2. The van der Waals surface area contributed by atoms with Crippen LogP contribution in [0.2, 0.25) is 0 Å². The van der Waals surface area contributed by atoms with Gasteiger partial charge in [-0.3, -0.25) is 0 Å². The molecule has 1 saturated heterocycles. The highest BCUT2D eigenvalue weighted by Crippen LogP contribution is 2.13. The number of likely N-dealkylation sites (tertiary alicyclic amines) is 1. The van der Waals surface area contributed by atoms with Crippen LogP contribution in [0, 0.1) is 0 Å². The summed E-state index contributed by atoms with van der Waals surface area (Å²) >= 11 is 0. The number of hydrogen-bond acceptors (Lipinski definition) is 2. The van der Waals surface area contributed by atoms with Crippen LogP contribution in [0.1, 0.15) is 19.3 Å². The topological polar surface area (TPSA) is 105 Å². The third kappa shape index (κ3) is 3.12. The van der Waals surface area contributed by atoms with Gasteiger partial charge in [-0.25, -0.2) is 9.79 Å². The van der Waals surface area contributed by atoms with Crippen molar-refractivity contribution in [3.63, 3.8) is 0 Å². The van der Waals surface area contributed by atoms with Gasteiger partial charge in [0, 0.05) is 13.1 Å². The van der Waals surface area contributed by atoms with Crippen LogP contribution < -0.4 is 11.5 Å². The lowest BCUT2D eigenvalue weighted by atomic mass is 10.1. The van der Waals surface area contributed by atoms with Gasteiger partial charge in [0.1, 0.15) is 0 Å². The first-order valence-electron chi connectivity index (χ1n) is 4.66. The standard InChI is InChI=1S/C8H16N4O2/c9-7(10)11-6-3-1-2-4-12(5-6)8(13)14/h6H,1-5H2,(H,13,14)(H4,9,10,11). The van der Waals surface area contributed by atoms with Crippen LogP contribution in [0.25, 0.3) is 0 Å². The van der Waals surface area contributed by atoms with E-state index in [-0.39, 0.29) is 12.0 Å². The molecule has 6 heteroatoms. The maximum atomic E-state index is 10.8. The summed E-state index contributed by atoms with van der Waals surface area (Å²) in [5.74, 6) is 0.0299. The summed E-state index contributed by atoms with van der Waals surface area (Å²) in [6.07, 6.45) is 1.79. The monoisotopic (exact) mass is 200 g/mol. The Hall–Kier alpha value is -1.46. The lowest BCUT2D eigenvalue weighted by Crippen LogP contribution is -2.36. The van der Waals surface area contributed by atoms with E-state index in [1.807, 2.05) is 0 Å². The summed E-state index contributed by atoms with van der Waals surface area (Å²) in [5, 5.41) is 8.83. The van der Waals surface area contributed by atoms with E-state index in [1.54, 1.807) is 0 Å². The Balaban J connectivity index is 2.60. The summed E-state index contributed by atoms with van der Waals surface area (Å²) in [5.41, 5.74) is 10.5. The quantitative estimate of drug-likeness (QED) is 0.402. The van der Waals surface area contributed by atoms with Crippen molar-refractivity contribution in [2.75, 3.05) is 13.1 Å². The predicted octanol–water partition coefficient (Wildman–Crippen LogP) is -0.208. The van der Waals surface area contributed by atoms with E-state index in [4.69, 9.17) is 16.6 Å². The second-order valence-electron chi connectivity index (χ2n) is 3.43. The molecule has 0 saturated carbocycles. The number of nitrogens with two attached hydrogens (primary N) is 2. The summed E-state index contributed by atoms with van der Waals surface area (Å²) in [4.78, 5) is 16.1. The maximum absolute atomic E-state index is 10.8. The van der Waals surface area contributed by atoms with Crippen LogP contribution in [-0.4, -0.2) is 41.2 Å². The Morgan fingerprint density at radius 3 is 2.71 bits per heavy atom. The molecule has 1 heterocycles. The van der Waals surface area contributed by atoms with E-state index in [2.05, 4.69) is 4.99 Å². The van der Waals surface area contributed by atoms with Crippen LogP contribution in [0.15, 0.2) is 4.99 Å². The van der Waals surface area contributed by atoms with E-state index in [1.165, 1.54) is 4.90 Å². The molecule has 0 bridgehead atoms. The highest BCUT2D eigenvalue weighted by atomic mass is 16.4. The van der Waals surface area contributed by atoms with Crippen molar-refractivity contribution in [1.82, 2.24) is 4.90 Å². The van der Waals surface area contributed by atoms with Gasteiger partial charge in [0.05, 0.1) is 6.04 Å². The van der Waals surface area contributed by atoms with Crippen molar-refractivity contribution in [3.8, 4) is 0 Å². The van der Waals surface area contributed by atoms with E-state index >= 15 is 0 Å². The first kappa shape index (κ1) is 10.6. The summed E-state index contributed by atoms with van der Waals surface area (Å²) in [6.45, 7) is 0.971. The van der Waals surface area contributed by atoms with Crippen LogP contribution >= 0.6 is 0 Å². The van der Waals surface area contributed by atoms with Crippen LogP contribution in [0.4, 0.5) is 4.79 Å². The molecule has 1 atom stereocenters. The van der Waals surface area contributed by atoms with Crippen molar-refractivity contribution in [1.29, 1.82) is 0 Å². The van der Waals surface area contributed by atoms with E-state index in [0.29, 0.717) is 13.1 Å². The van der Waals surface area contributed by atoms with E-state index in [9.17, 15) is 4.79 Å². The third-order valence-electron chi connectivity index (χ3n) is 2.25. The third-order valence-corrected chi connectivity index (χ3v) is 2.25. The Bertz CT molecular complexity index is 237. The van der Waals surface area contributed by atoms with Gasteiger partial charge in [-0.15, -0.1) is 0 Å². The number of guanidine groups is 1. The van der Waals surface area contributed by atoms with Crippen molar-refractivity contribution in [2.24, 2.45) is 16.5 Å². The second-order valence-corrected chi connectivity index (χ2v) is 3.43. The lowest BCUT2D eigenvalue weighted by molar-refractivity contribution is 0.145. The largest absolute Gasteiger partial charge is 0.465 e. The van der Waals surface area contributed by atoms with Gasteiger partial charge in [-0.1, -0.05) is 0 Å². The molecule has 1 fully saturated rings. The maximum Gasteiger partial charge on any atom is 0.407 e. The fraction of sp³-hybridized carbons (Fsp3) is 0.750.